The summed E-state index contributed by atoms with van der Waals surface area (Å²) in [6.07, 6.45) is 3.08. The van der Waals surface area contributed by atoms with Crippen LogP contribution in [0.1, 0.15) is 40.0 Å². The minimum Gasteiger partial charge on any atom is -0.462 e. The Balaban J connectivity index is 2.07. The molecule has 1 aliphatic heterocycles. The molecule has 7 nitrogen and oxygen atoms in total. The normalized spacial score (nSPS) is 40.0. The second-order valence-electron chi connectivity index (χ2n) is 8.64. The Kier molecular flexibility index (Phi) is 5.77. The number of rotatable bonds is 4. The van der Waals surface area contributed by atoms with Crippen LogP contribution in [0.2, 0.25) is 0 Å². The summed E-state index contributed by atoms with van der Waals surface area (Å²) in [5.41, 5.74) is -0.995. The Labute approximate surface area is 173 Å². The van der Waals surface area contributed by atoms with Crippen LogP contribution in [-0.4, -0.2) is 47.2 Å². The van der Waals surface area contributed by atoms with E-state index in [0.29, 0.717) is 18.4 Å². The van der Waals surface area contributed by atoms with Crippen molar-refractivity contribution in [2.45, 2.75) is 52.2 Å². The average Bonchev–Trinajstić information content (AvgIpc) is 3.06. The van der Waals surface area contributed by atoms with Gasteiger partial charge in [-0.05, 0) is 36.2 Å². The number of esters is 3. The Morgan fingerprint density at radius 1 is 1.31 bits per heavy atom. The van der Waals surface area contributed by atoms with Crippen LogP contribution in [-0.2, 0) is 39.4 Å². The third-order valence-electron chi connectivity index (χ3n) is 6.97. The molecule has 29 heavy (non-hydrogen) atoms. The lowest BCUT2D eigenvalue weighted by Gasteiger charge is -2.46. The predicted molar refractivity (Wildman–Crippen MR) is 106 cm³/mol. The zero-order valence-electron chi connectivity index (χ0n) is 17.3. The van der Waals surface area contributed by atoms with Crippen LogP contribution >= 0.6 is 0 Å². The van der Waals surface area contributed by atoms with Gasteiger partial charge in [0.25, 0.3) is 0 Å². The van der Waals surface area contributed by atoms with E-state index in [9.17, 15) is 18.6 Å². The highest BCUT2D eigenvalue weighted by Crippen LogP contribution is 2.66. The van der Waals surface area contributed by atoms with Crippen LogP contribution in [0.15, 0.2) is 23.6 Å². The summed E-state index contributed by atoms with van der Waals surface area (Å²) in [6, 6.07) is 0. The van der Waals surface area contributed by atoms with Crippen LogP contribution in [0, 0.1) is 22.7 Å². The second-order valence-corrected chi connectivity index (χ2v) is 9.91. The highest BCUT2D eigenvalue weighted by Gasteiger charge is 2.71. The minimum absolute atomic E-state index is 0.0805. The summed E-state index contributed by atoms with van der Waals surface area (Å²) in [7, 11) is -1.31. The van der Waals surface area contributed by atoms with Gasteiger partial charge in [-0.25, -0.2) is 4.79 Å². The maximum Gasteiger partial charge on any atom is 0.331 e. The number of ether oxygens (including phenoxy) is 3. The highest BCUT2D eigenvalue weighted by molar-refractivity contribution is 7.87. The van der Waals surface area contributed by atoms with E-state index in [-0.39, 0.29) is 18.4 Å². The van der Waals surface area contributed by atoms with Gasteiger partial charge < -0.3 is 14.2 Å². The van der Waals surface area contributed by atoms with E-state index in [4.69, 9.17) is 14.2 Å². The summed E-state index contributed by atoms with van der Waals surface area (Å²) >= 11 is 0. The van der Waals surface area contributed by atoms with Gasteiger partial charge in [-0.1, -0.05) is 20.4 Å². The number of hydrogen-bond acceptors (Lipinski definition) is 7. The second kappa shape index (κ2) is 7.70. The first kappa shape index (κ1) is 21.7. The number of fused-ring (bicyclic) bond motifs is 1. The molecule has 2 saturated carbocycles. The average molecular weight is 425 g/mol. The molecule has 0 amide bonds. The molecule has 1 unspecified atom stereocenters. The summed E-state index contributed by atoms with van der Waals surface area (Å²) in [5, 5.41) is 1.23. The number of carbonyl (C=O) groups is 3. The lowest BCUT2D eigenvalue weighted by Crippen LogP contribution is -2.50. The van der Waals surface area contributed by atoms with Crippen LogP contribution in [0.25, 0.3) is 0 Å². The highest BCUT2D eigenvalue weighted by atomic mass is 32.2. The van der Waals surface area contributed by atoms with E-state index >= 15 is 0 Å². The molecular weight excluding hydrogens is 396 g/mol. The van der Waals surface area contributed by atoms with Gasteiger partial charge in [0.1, 0.15) is 24.2 Å². The molecule has 0 N–H and O–H groups in total. The van der Waals surface area contributed by atoms with Crippen molar-refractivity contribution < 1.29 is 32.8 Å². The summed E-state index contributed by atoms with van der Waals surface area (Å²) in [4.78, 5) is 37.2. The van der Waals surface area contributed by atoms with Gasteiger partial charge in [-0.3, -0.25) is 13.8 Å². The van der Waals surface area contributed by atoms with Crippen LogP contribution in [0.4, 0.5) is 0 Å². The van der Waals surface area contributed by atoms with Crippen LogP contribution < -0.4 is 0 Å². The fraction of sp³-hybridized carbons (Fsp3) is 0.667. The van der Waals surface area contributed by atoms with E-state index < -0.39 is 51.7 Å². The molecule has 2 aliphatic carbocycles. The van der Waals surface area contributed by atoms with Crippen molar-refractivity contribution in [1.82, 2.24) is 0 Å². The lowest BCUT2D eigenvalue weighted by molar-refractivity contribution is -0.172. The first-order valence-corrected chi connectivity index (χ1v) is 11.4. The van der Waals surface area contributed by atoms with Crippen molar-refractivity contribution in [3.05, 3.63) is 23.6 Å². The van der Waals surface area contributed by atoms with E-state index in [0.717, 1.165) is 12.5 Å². The van der Waals surface area contributed by atoms with Gasteiger partial charge in [-0.2, -0.15) is 0 Å². The van der Waals surface area contributed by atoms with Crippen molar-refractivity contribution in [3.63, 3.8) is 0 Å². The first-order chi connectivity index (χ1) is 13.5. The van der Waals surface area contributed by atoms with E-state index in [2.05, 4.69) is 20.4 Å². The summed E-state index contributed by atoms with van der Waals surface area (Å²) in [5.74, 6) is -1.71. The molecule has 1 saturated heterocycles. The molecule has 0 aromatic heterocycles. The van der Waals surface area contributed by atoms with Gasteiger partial charge >= 0.3 is 17.9 Å². The Bertz CT molecular complexity index is 785. The quantitative estimate of drug-likeness (QED) is 0.296. The topological polar surface area (TPSA) is 96.0 Å². The lowest BCUT2D eigenvalue weighted by atomic mass is 9.61. The Morgan fingerprint density at radius 3 is 2.55 bits per heavy atom. The molecule has 3 aliphatic rings. The largest absolute Gasteiger partial charge is 0.462 e. The Morgan fingerprint density at radius 2 is 2.00 bits per heavy atom. The molecule has 0 aromatic carbocycles. The molecule has 0 aromatic rings. The maximum atomic E-state index is 12.9. The van der Waals surface area contributed by atoms with Crippen LogP contribution in [0.3, 0.4) is 0 Å². The van der Waals surface area contributed by atoms with Crippen molar-refractivity contribution in [2.75, 3.05) is 12.9 Å². The van der Waals surface area contributed by atoms with Crippen LogP contribution in [0.5, 0.6) is 0 Å². The molecule has 8 heteroatoms. The van der Waals surface area contributed by atoms with Gasteiger partial charge in [-0.15, -0.1) is 0 Å². The van der Waals surface area contributed by atoms with Gasteiger partial charge in [0.2, 0.25) is 0 Å². The maximum absolute atomic E-state index is 12.9. The standard InChI is InChI=1S/C21H28O7S/c1-12-6-7-15(27-14(3)22)17-18(28-16(23)8-9-29(5)25)21(11-20(12,17)4)13(2)10-26-19(21)24/h8-9,12,15,17-18H,2,6-7,10-11H2,1,3-5H3/b9-8-/t12-,15-,17+,18+,20+,21+,29?/m0/s1. The number of cyclic esters (lactones) is 1. The zero-order chi connectivity index (χ0) is 21.6. The predicted octanol–water partition coefficient (Wildman–Crippen LogP) is 2.28. The van der Waals surface area contributed by atoms with Crippen molar-refractivity contribution in [3.8, 4) is 0 Å². The number of hydrogen-bond donors (Lipinski definition) is 0. The van der Waals surface area contributed by atoms with E-state index in [1.54, 1.807) is 0 Å². The van der Waals surface area contributed by atoms with E-state index in [1.807, 2.05) is 0 Å². The summed E-state index contributed by atoms with van der Waals surface area (Å²) in [6.45, 7) is 9.66. The van der Waals surface area contributed by atoms with Crippen molar-refractivity contribution >= 4 is 28.7 Å². The number of carbonyl (C=O) groups excluding carboxylic acids is 3. The smallest absolute Gasteiger partial charge is 0.331 e. The fourth-order valence-corrected chi connectivity index (χ4v) is 5.72. The Hall–Kier alpha value is -1.96. The molecule has 3 fully saturated rings. The SMILES string of the molecule is C=C1COC(=O)[C@]12C[C@@]1(C)[C@H]([C@@H](OC(C)=O)CC[C@@H]1C)[C@H]2OC(=O)/C=C\S(C)=O. The monoisotopic (exact) mass is 424 g/mol. The van der Waals surface area contributed by atoms with Crippen molar-refractivity contribution in [2.24, 2.45) is 22.7 Å². The molecule has 1 spiro atoms. The third kappa shape index (κ3) is 3.56. The first-order valence-electron chi connectivity index (χ1n) is 9.76. The molecule has 7 atom stereocenters. The fourth-order valence-electron chi connectivity index (χ4n) is 5.42. The van der Waals surface area contributed by atoms with Gasteiger partial charge in [0, 0.05) is 41.4 Å². The van der Waals surface area contributed by atoms with Gasteiger partial charge in [0.05, 0.1) is 0 Å². The minimum atomic E-state index is -1.31. The molecule has 160 valence electrons. The zero-order valence-corrected chi connectivity index (χ0v) is 18.1. The van der Waals surface area contributed by atoms with Gasteiger partial charge in [0.15, 0.2) is 0 Å². The third-order valence-corrected chi connectivity index (χ3v) is 7.49. The molecule has 3 rings (SSSR count). The summed E-state index contributed by atoms with van der Waals surface area (Å²) < 4.78 is 28.1. The molecule has 1 heterocycles. The molecule has 0 bridgehead atoms. The van der Waals surface area contributed by atoms with E-state index in [1.165, 1.54) is 18.6 Å². The molecule has 0 radical (unpaired) electrons. The molecular formula is C21H28O7S. The van der Waals surface area contributed by atoms with Crippen molar-refractivity contribution in [1.29, 1.82) is 0 Å².